The van der Waals surface area contributed by atoms with Crippen molar-refractivity contribution in [2.45, 2.75) is 12.5 Å². The molecule has 1 aromatic heterocycles. The maximum atomic E-state index is 12.6. The maximum Gasteiger partial charge on any atom is 0.305 e. The van der Waals surface area contributed by atoms with Crippen molar-refractivity contribution in [3.05, 3.63) is 36.1 Å². The highest BCUT2D eigenvalue weighted by atomic mass is 32.2. The molecule has 2 heterocycles. The Kier molecular flexibility index (Phi) is 3.88. The number of carboxylic acids is 1. The van der Waals surface area contributed by atoms with Crippen molar-refractivity contribution < 1.29 is 19.1 Å². The molecular formula is C15H15NO4S. The largest absolute Gasteiger partial charge is 0.481 e. The Morgan fingerprint density at radius 2 is 2.19 bits per heavy atom. The van der Waals surface area contributed by atoms with Gasteiger partial charge < -0.3 is 14.4 Å². The first kappa shape index (κ1) is 14.0. The summed E-state index contributed by atoms with van der Waals surface area (Å²) in [6, 6.07) is 8.88. The van der Waals surface area contributed by atoms with Crippen molar-refractivity contribution >= 4 is 34.6 Å². The van der Waals surface area contributed by atoms with Gasteiger partial charge in [-0.3, -0.25) is 9.59 Å². The number of nitrogens with zero attached hydrogens (tertiary/aromatic N) is 1. The van der Waals surface area contributed by atoms with Crippen molar-refractivity contribution in [2.24, 2.45) is 0 Å². The van der Waals surface area contributed by atoms with Crippen LogP contribution in [0.4, 0.5) is 0 Å². The quantitative estimate of drug-likeness (QED) is 0.943. The van der Waals surface area contributed by atoms with E-state index < -0.39 is 5.97 Å². The molecule has 1 unspecified atom stereocenters. The van der Waals surface area contributed by atoms with Crippen LogP contribution in [0.15, 0.2) is 34.7 Å². The molecule has 1 N–H and O–H groups in total. The molecule has 0 aliphatic carbocycles. The predicted molar refractivity (Wildman–Crippen MR) is 80.6 cm³/mol. The van der Waals surface area contributed by atoms with E-state index in [0.717, 1.165) is 11.1 Å². The summed E-state index contributed by atoms with van der Waals surface area (Å²) < 4.78 is 5.59. The fourth-order valence-corrected chi connectivity index (χ4v) is 3.58. The smallest absolute Gasteiger partial charge is 0.305 e. The number of carboxylic acid groups (broad SMARTS) is 1. The Morgan fingerprint density at radius 1 is 1.38 bits per heavy atom. The molecule has 0 spiro atoms. The fraction of sp³-hybridized carbons (Fsp3) is 0.333. The van der Waals surface area contributed by atoms with Crippen LogP contribution in [0.25, 0.3) is 11.0 Å². The lowest BCUT2D eigenvalue weighted by Crippen LogP contribution is -2.47. The Balaban J connectivity index is 1.86. The molecule has 1 amide bonds. The van der Waals surface area contributed by atoms with Crippen molar-refractivity contribution in [2.75, 3.05) is 18.1 Å². The van der Waals surface area contributed by atoms with Gasteiger partial charge in [0.05, 0.1) is 12.5 Å². The lowest BCUT2D eigenvalue weighted by atomic mass is 10.2. The molecule has 6 heteroatoms. The molecule has 0 bridgehead atoms. The summed E-state index contributed by atoms with van der Waals surface area (Å²) in [6.07, 6.45) is -0.0288. The SMILES string of the molecule is O=C(O)CC1CSCCN1C(=O)c1cc2ccccc2o1. The third-order valence-electron chi connectivity index (χ3n) is 3.53. The highest BCUT2D eigenvalue weighted by Crippen LogP contribution is 2.24. The van der Waals surface area contributed by atoms with Crippen LogP contribution in [-0.2, 0) is 4.79 Å². The van der Waals surface area contributed by atoms with E-state index in [1.165, 1.54) is 0 Å². The molecule has 1 fully saturated rings. The van der Waals surface area contributed by atoms with Gasteiger partial charge in [-0.05, 0) is 12.1 Å². The second-order valence-corrected chi connectivity index (χ2v) is 6.12. The molecule has 1 aliphatic heterocycles. The topological polar surface area (TPSA) is 70.8 Å². The lowest BCUT2D eigenvalue weighted by molar-refractivity contribution is -0.138. The van der Waals surface area contributed by atoms with Crippen LogP contribution in [0.5, 0.6) is 0 Å². The van der Waals surface area contributed by atoms with Crippen LogP contribution < -0.4 is 0 Å². The number of amides is 1. The molecule has 1 atom stereocenters. The van der Waals surface area contributed by atoms with Gasteiger partial charge in [0, 0.05) is 23.4 Å². The fourth-order valence-electron chi connectivity index (χ4n) is 2.52. The van der Waals surface area contributed by atoms with Gasteiger partial charge in [0.2, 0.25) is 0 Å². The zero-order valence-corrected chi connectivity index (χ0v) is 12.1. The highest BCUT2D eigenvalue weighted by molar-refractivity contribution is 7.99. The van der Waals surface area contributed by atoms with E-state index in [1.807, 2.05) is 24.3 Å². The predicted octanol–water partition coefficient (Wildman–Crippen LogP) is 2.47. The van der Waals surface area contributed by atoms with Crippen molar-refractivity contribution in [3.8, 4) is 0 Å². The second kappa shape index (κ2) is 5.81. The molecule has 110 valence electrons. The molecule has 3 rings (SSSR count). The Hall–Kier alpha value is -1.95. The summed E-state index contributed by atoms with van der Waals surface area (Å²) in [7, 11) is 0. The van der Waals surface area contributed by atoms with E-state index in [0.29, 0.717) is 17.9 Å². The Morgan fingerprint density at radius 3 is 2.95 bits per heavy atom. The van der Waals surface area contributed by atoms with Crippen LogP contribution in [0.2, 0.25) is 0 Å². The third kappa shape index (κ3) is 2.90. The summed E-state index contributed by atoms with van der Waals surface area (Å²) in [5.41, 5.74) is 0.669. The molecule has 1 aliphatic rings. The van der Waals surface area contributed by atoms with E-state index in [-0.39, 0.29) is 24.1 Å². The summed E-state index contributed by atoms with van der Waals surface area (Å²) in [5, 5.41) is 9.86. The second-order valence-electron chi connectivity index (χ2n) is 4.97. The molecule has 1 aromatic carbocycles. The first-order chi connectivity index (χ1) is 10.1. The van der Waals surface area contributed by atoms with Crippen molar-refractivity contribution in [1.29, 1.82) is 0 Å². The highest BCUT2D eigenvalue weighted by Gasteiger charge is 2.31. The first-order valence-corrected chi connectivity index (χ1v) is 7.89. The van der Waals surface area contributed by atoms with Crippen molar-refractivity contribution in [3.63, 3.8) is 0 Å². The molecule has 5 nitrogen and oxygen atoms in total. The van der Waals surface area contributed by atoms with Gasteiger partial charge in [0.25, 0.3) is 5.91 Å². The van der Waals surface area contributed by atoms with Gasteiger partial charge in [0.1, 0.15) is 5.58 Å². The van der Waals surface area contributed by atoms with Gasteiger partial charge in [-0.25, -0.2) is 0 Å². The number of thioether (sulfide) groups is 1. The number of hydrogen-bond acceptors (Lipinski definition) is 4. The van der Waals surface area contributed by atoms with Gasteiger partial charge >= 0.3 is 5.97 Å². The van der Waals surface area contributed by atoms with Gasteiger partial charge in [0.15, 0.2) is 5.76 Å². The normalized spacial score (nSPS) is 18.9. The Labute approximate surface area is 125 Å². The first-order valence-electron chi connectivity index (χ1n) is 6.74. The van der Waals surface area contributed by atoms with Gasteiger partial charge in [-0.15, -0.1) is 0 Å². The van der Waals surface area contributed by atoms with E-state index in [2.05, 4.69) is 0 Å². The molecule has 1 saturated heterocycles. The van der Waals surface area contributed by atoms with Crippen LogP contribution in [-0.4, -0.2) is 46.0 Å². The number of aliphatic carboxylic acids is 1. The zero-order chi connectivity index (χ0) is 14.8. The van der Waals surface area contributed by atoms with E-state index in [4.69, 9.17) is 9.52 Å². The summed E-state index contributed by atoms with van der Waals surface area (Å²) in [4.78, 5) is 25.2. The number of carbonyl (C=O) groups is 2. The number of carbonyl (C=O) groups excluding carboxylic acids is 1. The number of hydrogen-bond donors (Lipinski definition) is 1. The van der Waals surface area contributed by atoms with E-state index in [1.54, 1.807) is 22.7 Å². The average molecular weight is 305 g/mol. The van der Waals surface area contributed by atoms with Crippen LogP contribution in [0.3, 0.4) is 0 Å². The number of furan rings is 1. The summed E-state index contributed by atoms with van der Waals surface area (Å²) in [5.74, 6) is 0.640. The van der Waals surface area contributed by atoms with Crippen molar-refractivity contribution in [1.82, 2.24) is 4.90 Å². The molecule has 2 aromatic rings. The van der Waals surface area contributed by atoms with E-state index >= 15 is 0 Å². The minimum Gasteiger partial charge on any atom is -0.481 e. The average Bonchev–Trinajstić information content (AvgIpc) is 2.90. The molecular weight excluding hydrogens is 290 g/mol. The van der Waals surface area contributed by atoms with Crippen LogP contribution in [0, 0.1) is 0 Å². The van der Waals surface area contributed by atoms with E-state index in [9.17, 15) is 9.59 Å². The van der Waals surface area contributed by atoms with Gasteiger partial charge in [-0.2, -0.15) is 11.8 Å². The summed E-state index contributed by atoms with van der Waals surface area (Å²) in [6.45, 7) is 0.554. The maximum absolute atomic E-state index is 12.6. The Bertz CT molecular complexity index is 648. The molecule has 0 saturated carbocycles. The lowest BCUT2D eigenvalue weighted by Gasteiger charge is -2.33. The molecule has 0 radical (unpaired) electrons. The number of benzene rings is 1. The van der Waals surface area contributed by atoms with Gasteiger partial charge in [-0.1, -0.05) is 18.2 Å². The monoisotopic (exact) mass is 305 g/mol. The summed E-state index contributed by atoms with van der Waals surface area (Å²) >= 11 is 1.68. The number of para-hydroxylation sites is 1. The zero-order valence-electron chi connectivity index (χ0n) is 11.3. The number of rotatable bonds is 3. The third-order valence-corrected chi connectivity index (χ3v) is 4.63. The minimum absolute atomic E-state index is 0.0288. The van der Waals surface area contributed by atoms with Crippen LogP contribution >= 0.6 is 11.8 Å². The standard InChI is InChI=1S/C15H15NO4S/c17-14(18)8-11-9-21-6-5-16(11)15(19)13-7-10-3-1-2-4-12(10)20-13/h1-4,7,11H,5-6,8-9H2,(H,17,18). The number of fused-ring (bicyclic) bond motifs is 1. The molecule has 21 heavy (non-hydrogen) atoms. The minimum atomic E-state index is -0.884. The van der Waals surface area contributed by atoms with Crippen LogP contribution in [0.1, 0.15) is 17.0 Å².